The van der Waals surface area contributed by atoms with Crippen LogP contribution in [0.2, 0.25) is 0 Å². The quantitative estimate of drug-likeness (QED) is 0.833. The number of halogens is 3. The number of nitrogens with two attached hydrogens (primary N) is 1. The average molecular weight is 311 g/mol. The summed E-state index contributed by atoms with van der Waals surface area (Å²) >= 11 is 3.24. The van der Waals surface area contributed by atoms with Crippen molar-refractivity contribution in [2.24, 2.45) is 5.73 Å². The van der Waals surface area contributed by atoms with E-state index in [9.17, 15) is 9.50 Å². The van der Waals surface area contributed by atoms with Crippen LogP contribution < -0.4 is 5.73 Å². The molecule has 0 unspecified atom stereocenters. The van der Waals surface area contributed by atoms with Crippen LogP contribution in [-0.2, 0) is 0 Å². The number of hydrogen-bond donors (Lipinski definition) is 2. The number of benzene rings is 1. The normalized spacial score (nSPS) is 11.7. The van der Waals surface area contributed by atoms with E-state index in [1.54, 1.807) is 6.08 Å². The number of rotatable bonds is 4. The van der Waals surface area contributed by atoms with E-state index >= 15 is 0 Å². The van der Waals surface area contributed by atoms with Gasteiger partial charge in [-0.1, -0.05) is 22.0 Å². The molecule has 5 heteroatoms. The largest absolute Gasteiger partial charge is 0.505 e. The molecule has 90 valence electrons. The van der Waals surface area contributed by atoms with Crippen LogP contribution in [0.1, 0.15) is 24.4 Å². The molecule has 1 aromatic carbocycles. The predicted molar refractivity (Wildman–Crippen MR) is 69.4 cm³/mol. The molecule has 0 amide bonds. The van der Waals surface area contributed by atoms with Crippen molar-refractivity contribution < 1.29 is 9.50 Å². The highest BCUT2D eigenvalue weighted by molar-refractivity contribution is 9.10. The van der Waals surface area contributed by atoms with Gasteiger partial charge in [-0.15, -0.1) is 19.0 Å². The van der Waals surface area contributed by atoms with Crippen molar-refractivity contribution in [1.29, 1.82) is 0 Å². The highest BCUT2D eigenvalue weighted by atomic mass is 79.9. The van der Waals surface area contributed by atoms with Gasteiger partial charge in [0.25, 0.3) is 0 Å². The fraction of sp³-hybridized carbons (Fsp3) is 0.273. The zero-order chi connectivity index (χ0) is 11.4. The molecule has 3 N–H and O–H groups in total. The summed E-state index contributed by atoms with van der Waals surface area (Å²) in [6.45, 7) is 3.58. The summed E-state index contributed by atoms with van der Waals surface area (Å²) in [4.78, 5) is 0. The van der Waals surface area contributed by atoms with Crippen molar-refractivity contribution in [3.05, 3.63) is 40.6 Å². The van der Waals surface area contributed by atoms with Gasteiger partial charge in [-0.25, -0.2) is 4.39 Å². The van der Waals surface area contributed by atoms with E-state index in [0.717, 1.165) is 6.42 Å². The molecule has 16 heavy (non-hydrogen) atoms. The van der Waals surface area contributed by atoms with Crippen LogP contribution in [0.25, 0.3) is 0 Å². The molecule has 1 aromatic rings. The third-order valence-corrected chi connectivity index (χ3v) is 2.86. The summed E-state index contributed by atoms with van der Waals surface area (Å²) in [5.41, 5.74) is 6.26. The Labute approximate surface area is 109 Å². The van der Waals surface area contributed by atoms with Gasteiger partial charge in [-0.3, -0.25) is 0 Å². The van der Waals surface area contributed by atoms with Gasteiger partial charge in [0, 0.05) is 16.1 Å². The van der Waals surface area contributed by atoms with Gasteiger partial charge in [0.05, 0.1) is 0 Å². The lowest BCUT2D eigenvalue weighted by atomic mass is 10.0. The molecule has 1 atom stereocenters. The summed E-state index contributed by atoms with van der Waals surface area (Å²) in [5.74, 6) is -1.02. The predicted octanol–water partition coefficient (Wildman–Crippen LogP) is 3.68. The van der Waals surface area contributed by atoms with Gasteiger partial charge in [-0.2, -0.15) is 0 Å². The minimum absolute atomic E-state index is 0. The second-order valence-electron chi connectivity index (χ2n) is 3.26. The van der Waals surface area contributed by atoms with E-state index < -0.39 is 11.9 Å². The Bertz CT molecular complexity index is 373. The zero-order valence-electron chi connectivity index (χ0n) is 8.62. The van der Waals surface area contributed by atoms with Crippen LogP contribution in [0, 0.1) is 5.82 Å². The lowest BCUT2D eigenvalue weighted by molar-refractivity contribution is 0.418. The van der Waals surface area contributed by atoms with Crippen LogP contribution in [0.15, 0.2) is 29.3 Å². The van der Waals surface area contributed by atoms with E-state index in [2.05, 4.69) is 22.5 Å². The van der Waals surface area contributed by atoms with E-state index in [4.69, 9.17) is 5.73 Å². The van der Waals surface area contributed by atoms with E-state index in [1.807, 2.05) is 0 Å². The summed E-state index contributed by atoms with van der Waals surface area (Å²) < 4.78 is 13.7. The molecule has 0 aromatic heterocycles. The summed E-state index contributed by atoms with van der Waals surface area (Å²) in [7, 11) is 0. The van der Waals surface area contributed by atoms with Gasteiger partial charge in [0.2, 0.25) is 0 Å². The second kappa shape index (κ2) is 6.89. The van der Waals surface area contributed by atoms with E-state index in [1.165, 1.54) is 12.1 Å². The molecule has 0 saturated heterocycles. The molecule has 0 bridgehead atoms. The van der Waals surface area contributed by atoms with Crippen molar-refractivity contribution in [2.75, 3.05) is 0 Å². The lowest BCUT2D eigenvalue weighted by Crippen LogP contribution is -2.11. The van der Waals surface area contributed by atoms with Gasteiger partial charge in [0.15, 0.2) is 11.6 Å². The van der Waals surface area contributed by atoms with Crippen LogP contribution in [0.3, 0.4) is 0 Å². The highest BCUT2D eigenvalue weighted by Crippen LogP contribution is 2.34. The van der Waals surface area contributed by atoms with E-state index in [-0.39, 0.29) is 18.2 Å². The lowest BCUT2D eigenvalue weighted by Gasteiger charge is -2.14. The monoisotopic (exact) mass is 309 g/mol. The Morgan fingerprint density at radius 1 is 1.56 bits per heavy atom. The molecule has 0 aliphatic rings. The number of aromatic hydroxyl groups is 1. The third kappa shape index (κ3) is 3.47. The number of hydrogen-bond acceptors (Lipinski definition) is 2. The molecule has 0 spiro atoms. The molecule has 0 aliphatic carbocycles. The van der Waals surface area contributed by atoms with Crippen molar-refractivity contribution in [2.45, 2.75) is 18.9 Å². The van der Waals surface area contributed by atoms with Gasteiger partial charge in [-0.05, 0) is 25.0 Å². The number of phenolic OH excluding ortho intramolecular Hbond substituents is 1. The second-order valence-corrected chi connectivity index (χ2v) is 4.12. The first-order valence-electron chi connectivity index (χ1n) is 4.61. The smallest absolute Gasteiger partial charge is 0.165 e. The Balaban J connectivity index is 0.00000225. The standard InChI is InChI=1S/C11H13BrFNO.ClH/c1-2-3-4-9(14)10-7(12)5-6-8(13)11(10)15;/h2,5-6,9,15H,1,3-4,14H2;1H/t9-;/m0./s1. The molecule has 1 rings (SSSR count). The molecule has 0 radical (unpaired) electrons. The summed E-state index contributed by atoms with van der Waals surface area (Å²) in [6.07, 6.45) is 3.09. The van der Waals surface area contributed by atoms with Crippen molar-refractivity contribution >= 4 is 28.3 Å². The molecule has 0 saturated carbocycles. The van der Waals surface area contributed by atoms with Crippen molar-refractivity contribution in [1.82, 2.24) is 0 Å². The first-order chi connectivity index (χ1) is 7.07. The molecule has 0 heterocycles. The first-order valence-corrected chi connectivity index (χ1v) is 5.40. The van der Waals surface area contributed by atoms with Crippen LogP contribution in [0.4, 0.5) is 4.39 Å². The Morgan fingerprint density at radius 2 is 2.19 bits per heavy atom. The maximum absolute atomic E-state index is 13.1. The molecular formula is C11H14BrClFNO. The van der Waals surface area contributed by atoms with Crippen LogP contribution in [-0.4, -0.2) is 5.11 Å². The third-order valence-electron chi connectivity index (χ3n) is 2.17. The minimum Gasteiger partial charge on any atom is -0.505 e. The average Bonchev–Trinajstić information content (AvgIpc) is 2.21. The first kappa shape index (κ1) is 15.4. The Hall–Kier alpha value is -0.580. The van der Waals surface area contributed by atoms with Crippen molar-refractivity contribution in [3.63, 3.8) is 0 Å². The summed E-state index contributed by atoms with van der Waals surface area (Å²) in [6, 6.07) is 2.34. The Kier molecular flexibility index (Phi) is 6.64. The number of phenols is 1. The number of allylic oxidation sites excluding steroid dienone is 1. The van der Waals surface area contributed by atoms with Gasteiger partial charge < -0.3 is 10.8 Å². The summed E-state index contributed by atoms with van der Waals surface area (Å²) in [5, 5.41) is 9.54. The van der Waals surface area contributed by atoms with Gasteiger partial charge >= 0.3 is 0 Å². The van der Waals surface area contributed by atoms with Crippen molar-refractivity contribution in [3.8, 4) is 5.75 Å². The highest BCUT2D eigenvalue weighted by Gasteiger charge is 2.17. The molecule has 0 aliphatic heterocycles. The zero-order valence-corrected chi connectivity index (χ0v) is 11.0. The fourth-order valence-corrected chi connectivity index (χ4v) is 1.97. The fourth-order valence-electron chi connectivity index (χ4n) is 1.35. The molecular weight excluding hydrogens is 296 g/mol. The molecule has 2 nitrogen and oxygen atoms in total. The molecule has 0 fully saturated rings. The van der Waals surface area contributed by atoms with Crippen LogP contribution in [0.5, 0.6) is 5.75 Å². The van der Waals surface area contributed by atoms with Gasteiger partial charge in [0.1, 0.15) is 0 Å². The minimum atomic E-state index is -0.651. The SMILES string of the molecule is C=CCC[C@H](N)c1c(Br)ccc(F)c1O.Cl. The van der Waals surface area contributed by atoms with Crippen LogP contribution >= 0.6 is 28.3 Å². The topological polar surface area (TPSA) is 46.2 Å². The Morgan fingerprint density at radius 3 is 2.75 bits per heavy atom. The maximum Gasteiger partial charge on any atom is 0.165 e. The maximum atomic E-state index is 13.1. The van der Waals surface area contributed by atoms with E-state index in [0.29, 0.717) is 16.5 Å².